The summed E-state index contributed by atoms with van der Waals surface area (Å²) in [5.74, 6) is 0.882. The molecular formula is C14H18FNO2. The van der Waals surface area contributed by atoms with Crippen molar-refractivity contribution in [3.63, 3.8) is 0 Å². The van der Waals surface area contributed by atoms with Crippen molar-refractivity contribution in [1.82, 2.24) is 4.90 Å². The van der Waals surface area contributed by atoms with Crippen LogP contribution in [0.25, 0.3) is 0 Å². The third-order valence-electron chi connectivity index (χ3n) is 3.10. The van der Waals surface area contributed by atoms with Crippen molar-refractivity contribution in [2.45, 2.75) is 13.3 Å². The molecule has 1 heterocycles. The second-order valence-corrected chi connectivity index (χ2v) is 4.73. The highest BCUT2D eigenvalue weighted by molar-refractivity contribution is 5.77. The number of alkyl halides is 1. The molecule has 1 aromatic rings. The van der Waals surface area contributed by atoms with Crippen molar-refractivity contribution >= 4 is 5.91 Å². The molecule has 0 unspecified atom stereocenters. The van der Waals surface area contributed by atoms with Crippen LogP contribution in [0.15, 0.2) is 24.3 Å². The van der Waals surface area contributed by atoms with Crippen molar-refractivity contribution in [3.05, 3.63) is 29.8 Å². The molecule has 0 saturated carbocycles. The molecule has 98 valence electrons. The van der Waals surface area contributed by atoms with E-state index in [-0.39, 0.29) is 18.5 Å². The molecule has 2 rings (SSSR count). The van der Waals surface area contributed by atoms with E-state index in [2.05, 4.69) is 0 Å². The number of amides is 1. The molecule has 0 aliphatic carbocycles. The lowest BCUT2D eigenvalue weighted by Gasteiger charge is -2.37. The van der Waals surface area contributed by atoms with Gasteiger partial charge in [-0.1, -0.05) is 12.1 Å². The van der Waals surface area contributed by atoms with E-state index >= 15 is 0 Å². The number of hydrogen-bond acceptors (Lipinski definition) is 2. The number of ether oxygens (including phenoxy) is 1. The average Bonchev–Trinajstić information content (AvgIpc) is 2.27. The molecule has 1 aliphatic rings. The SMILES string of the molecule is Cc1cccc(OCCC(=O)N2CC(CF)C2)c1. The molecule has 4 heteroatoms. The Hall–Kier alpha value is -1.58. The third-order valence-corrected chi connectivity index (χ3v) is 3.10. The molecule has 18 heavy (non-hydrogen) atoms. The molecule has 0 radical (unpaired) electrons. The predicted octanol–water partition coefficient (Wildman–Crippen LogP) is 2.19. The summed E-state index contributed by atoms with van der Waals surface area (Å²) < 4.78 is 17.7. The Labute approximate surface area is 107 Å². The van der Waals surface area contributed by atoms with E-state index in [4.69, 9.17) is 4.74 Å². The number of benzene rings is 1. The molecule has 0 spiro atoms. The van der Waals surface area contributed by atoms with Crippen molar-refractivity contribution in [2.24, 2.45) is 5.92 Å². The first kappa shape index (κ1) is 12.9. The average molecular weight is 251 g/mol. The highest BCUT2D eigenvalue weighted by atomic mass is 19.1. The molecule has 3 nitrogen and oxygen atoms in total. The van der Waals surface area contributed by atoms with Gasteiger partial charge >= 0.3 is 0 Å². The van der Waals surface area contributed by atoms with Crippen molar-refractivity contribution < 1.29 is 13.9 Å². The quantitative estimate of drug-likeness (QED) is 0.803. The maximum atomic E-state index is 12.2. The number of aryl methyl sites for hydroxylation is 1. The first-order valence-electron chi connectivity index (χ1n) is 6.22. The van der Waals surface area contributed by atoms with Gasteiger partial charge in [0.1, 0.15) is 5.75 Å². The highest BCUT2D eigenvalue weighted by Crippen LogP contribution is 2.17. The van der Waals surface area contributed by atoms with Gasteiger partial charge in [0.25, 0.3) is 0 Å². The van der Waals surface area contributed by atoms with Crippen LogP contribution in [0.3, 0.4) is 0 Å². The monoisotopic (exact) mass is 251 g/mol. The lowest BCUT2D eigenvalue weighted by atomic mass is 10.0. The second-order valence-electron chi connectivity index (χ2n) is 4.73. The van der Waals surface area contributed by atoms with E-state index in [1.807, 2.05) is 31.2 Å². The van der Waals surface area contributed by atoms with Crippen LogP contribution in [-0.2, 0) is 4.79 Å². The Morgan fingerprint density at radius 2 is 2.28 bits per heavy atom. The number of halogens is 1. The second kappa shape index (κ2) is 5.85. The zero-order valence-corrected chi connectivity index (χ0v) is 10.6. The van der Waals surface area contributed by atoms with Gasteiger partial charge in [0, 0.05) is 19.0 Å². The van der Waals surface area contributed by atoms with Crippen molar-refractivity contribution in [1.29, 1.82) is 0 Å². The molecule has 1 saturated heterocycles. The Balaban J connectivity index is 1.68. The van der Waals surface area contributed by atoms with Gasteiger partial charge in [-0.05, 0) is 24.6 Å². The summed E-state index contributed by atoms with van der Waals surface area (Å²) in [7, 11) is 0. The minimum Gasteiger partial charge on any atom is -0.493 e. The summed E-state index contributed by atoms with van der Waals surface area (Å²) in [5.41, 5.74) is 1.13. The van der Waals surface area contributed by atoms with E-state index in [1.54, 1.807) is 4.90 Å². The Morgan fingerprint density at radius 3 is 2.94 bits per heavy atom. The lowest BCUT2D eigenvalue weighted by molar-refractivity contribution is -0.138. The molecule has 0 N–H and O–H groups in total. The van der Waals surface area contributed by atoms with E-state index in [1.165, 1.54) is 0 Å². The van der Waals surface area contributed by atoms with Crippen LogP contribution in [0.1, 0.15) is 12.0 Å². The maximum Gasteiger partial charge on any atom is 0.226 e. The molecule has 1 fully saturated rings. The minimum atomic E-state index is -0.330. The van der Waals surface area contributed by atoms with Gasteiger partial charge in [0.2, 0.25) is 5.91 Å². The van der Waals surface area contributed by atoms with Crippen LogP contribution < -0.4 is 4.74 Å². The highest BCUT2D eigenvalue weighted by Gasteiger charge is 2.29. The predicted molar refractivity (Wildman–Crippen MR) is 67.3 cm³/mol. The van der Waals surface area contributed by atoms with Gasteiger partial charge in [-0.15, -0.1) is 0 Å². The van der Waals surface area contributed by atoms with Gasteiger partial charge in [0.15, 0.2) is 0 Å². The van der Waals surface area contributed by atoms with Gasteiger partial charge in [-0.25, -0.2) is 0 Å². The molecule has 0 atom stereocenters. The number of nitrogens with zero attached hydrogens (tertiary/aromatic N) is 1. The number of likely N-dealkylation sites (tertiary alicyclic amines) is 1. The maximum absolute atomic E-state index is 12.2. The summed E-state index contributed by atoms with van der Waals surface area (Å²) in [6.07, 6.45) is 0.354. The molecule has 1 aromatic carbocycles. The Kier molecular flexibility index (Phi) is 4.18. The Bertz CT molecular complexity index is 416. The zero-order valence-electron chi connectivity index (χ0n) is 10.6. The largest absolute Gasteiger partial charge is 0.493 e. The normalized spacial score (nSPS) is 15.3. The molecule has 0 bridgehead atoms. The van der Waals surface area contributed by atoms with Gasteiger partial charge < -0.3 is 9.64 Å². The lowest BCUT2D eigenvalue weighted by Crippen LogP contribution is -2.51. The standard InChI is InChI=1S/C14H18FNO2/c1-11-3-2-4-13(7-11)18-6-5-14(17)16-9-12(8-15)10-16/h2-4,7,12H,5-6,8-10H2,1H3. The van der Waals surface area contributed by atoms with Gasteiger partial charge in [-0.2, -0.15) is 0 Å². The van der Waals surface area contributed by atoms with Crippen molar-refractivity contribution in [3.8, 4) is 5.75 Å². The summed E-state index contributed by atoms with van der Waals surface area (Å²) in [6.45, 7) is 3.15. The fourth-order valence-corrected chi connectivity index (χ4v) is 1.99. The van der Waals surface area contributed by atoms with E-state index in [0.29, 0.717) is 26.1 Å². The molecule has 1 aliphatic heterocycles. The van der Waals surface area contributed by atoms with Crippen molar-refractivity contribution in [2.75, 3.05) is 26.4 Å². The topological polar surface area (TPSA) is 29.5 Å². The summed E-state index contributed by atoms with van der Waals surface area (Å²) in [6, 6.07) is 7.73. The van der Waals surface area contributed by atoms with Crippen LogP contribution in [0.5, 0.6) is 5.75 Å². The fourth-order valence-electron chi connectivity index (χ4n) is 1.99. The molecule has 0 aromatic heterocycles. The minimum absolute atomic E-state index is 0.0478. The van der Waals surface area contributed by atoms with Gasteiger partial charge in [0.05, 0.1) is 19.7 Å². The summed E-state index contributed by atoms with van der Waals surface area (Å²) >= 11 is 0. The first-order chi connectivity index (χ1) is 8.69. The molecular weight excluding hydrogens is 233 g/mol. The van der Waals surface area contributed by atoms with Crippen LogP contribution >= 0.6 is 0 Å². The third kappa shape index (κ3) is 3.22. The summed E-state index contributed by atoms with van der Waals surface area (Å²) in [5, 5.41) is 0. The smallest absolute Gasteiger partial charge is 0.226 e. The van der Waals surface area contributed by atoms with E-state index in [0.717, 1.165) is 11.3 Å². The number of hydrogen-bond donors (Lipinski definition) is 0. The van der Waals surface area contributed by atoms with Crippen LogP contribution in [-0.4, -0.2) is 37.2 Å². The van der Waals surface area contributed by atoms with Crippen LogP contribution in [0, 0.1) is 12.8 Å². The number of carbonyl (C=O) groups is 1. The zero-order chi connectivity index (χ0) is 13.0. The fraction of sp³-hybridized carbons (Fsp3) is 0.500. The van der Waals surface area contributed by atoms with Crippen LogP contribution in [0.4, 0.5) is 4.39 Å². The summed E-state index contributed by atoms with van der Waals surface area (Å²) in [4.78, 5) is 13.4. The number of carbonyl (C=O) groups excluding carboxylic acids is 1. The Morgan fingerprint density at radius 1 is 1.50 bits per heavy atom. The first-order valence-corrected chi connectivity index (χ1v) is 6.22. The van der Waals surface area contributed by atoms with Crippen LogP contribution in [0.2, 0.25) is 0 Å². The number of rotatable bonds is 5. The van der Waals surface area contributed by atoms with Gasteiger partial charge in [-0.3, -0.25) is 9.18 Å². The van der Waals surface area contributed by atoms with E-state index in [9.17, 15) is 9.18 Å². The molecule has 1 amide bonds. The van der Waals surface area contributed by atoms with E-state index < -0.39 is 0 Å².